The van der Waals surface area contributed by atoms with Crippen LogP contribution in [-0.2, 0) is 11.3 Å². The Morgan fingerprint density at radius 2 is 2.41 bits per heavy atom. The highest BCUT2D eigenvalue weighted by molar-refractivity contribution is 7.11. The van der Waals surface area contributed by atoms with Crippen LogP contribution in [0.2, 0.25) is 0 Å². The highest BCUT2D eigenvalue weighted by atomic mass is 32.1. The average molecular weight is 252 g/mol. The van der Waals surface area contributed by atoms with E-state index in [1.54, 1.807) is 11.3 Å². The molecule has 1 aliphatic rings. The second-order valence-corrected chi connectivity index (χ2v) is 6.41. The van der Waals surface area contributed by atoms with E-state index in [4.69, 9.17) is 0 Å². The molecular formula is C13H20N2OS. The summed E-state index contributed by atoms with van der Waals surface area (Å²) in [7, 11) is 0. The number of rotatable bonds is 3. The van der Waals surface area contributed by atoms with Crippen LogP contribution in [0, 0.1) is 12.3 Å². The van der Waals surface area contributed by atoms with Crippen LogP contribution < -0.4 is 10.6 Å². The van der Waals surface area contributed by atoms with Crippen molar-refractivity contribution in [2.45, 2.75) is 33.2 Å². The molecule has 1 aromatic heterocycles. The highest BCUT2D eigenvalue weighted by Gasteiger charge is 2.34. The van der Waals surface area contributed by atoms with Gasteiger partial charge in [-0.15, -0.1) is 11.3 Å². The molecule has 0 aromatic carbocycles. The lowest BCUT2D eigenvalue weighted by Crippen LogP contribution is -2.48. The van der Waals surface area contributed by atoms with Crippen molar-refractivity contribution in [2.75, 3.05) is 13.1 Å². The van der Waals surface area contributed by atoms with Gasteiger partial charge >= 0.3 is 0 Å². The number of nitrogens with one attached hydrogen (secondary N) is 2. The van der Waals surface area contributed by atoms with E-state index in [0.29, 0.717) is 6.54 Å². The lowest BCUT2D eigenvalue weighted by atomic mass is 9.82. The lowest BCUT2D eigenvalue weighted by molar-refractivity contribution is -0.131. The zero-order valence-corrected chi connectivity index (χ0v) is 11.3. The Morgan fingerprint density at radius 3 is 3.00 bits per heavy atom. The molecule has 2 N–H and O–H groups in total. The van der Waals surface area contributed by atoms with Crippen molar-refractivity contribution < 1.29 is 4.79 Å². The first-order chi connectivity index (χ1) is 8.10. The summed E-state index contributed by atoms with van der Waals surface area (Å²) in [4.78, 5) is 14.7. The van der Waals surface area contributed by atoms with Gasteiger partial charge in [-0.2, -0.15) is 0 Å². The number of hydrogen-bond acceptors (Lipinski definition) is 3. The molecule has 1 fully saturated rings. The van der Waals surface area contributed by atoms with E-state index < -0.39 is 0 Å². The number of hydrogen-bond donors (Lipinski definition) is 2. The molecule has 0 bridgehead atoms. The molecule has 1 aromatic rings. The molecule has 1 atom stereocenters. The quantitative estimate of drug-likeness (QED) is 0.864. The molecule has 1 unspecified atom stereocenters. The summed E-state index contributed by atoms with van der Waals surface area (Å²) >= 11 is 1.74. The molecule has 2 rings (SSSR count). The largest absolute Gasteiger partial charge is 0.351 e. The van der Waals surface area contributed by atoms with Crippen LogP contribution in [0.15, 0.2) is 12.1 Å². The topological polar surface area (TPSA) is 41.1 Å². The van der Waals surface area contributed by atoms with Gasteiger partial charge in [-0.25, -0.2) is 0 Å². The Kier molecular flexibility index (Phi) is 3.84. The van der Waals surface area contributed by atoms with Crippen molar-refractivity contribution in [3.63, 3.8) is 0 Å². The third-order valence-electron chi connectivity index (χ3n) is 3.36. The van der Waals surface area contributed by atoms with Gasteiger partial charge in [0.15, 0.2) is 0 Å². The Hall–Kier alpha value is -0.870. The predicted molar refractivity (Wildman–Crippen MR) is 71.1 cm³/mol. The lowest BCUT2D eigenvalue weighted by Gasteiger charge is -2.32. The molecule has 94 valence electrons. The maximum absolute atomic E-state index is 12.2. The van der Waals surface area contributed by atoms with Crippen LogP contribution in [0.5, 0.6) is 0 Å². The Balaban J connectivity index is 1.88. The minimum Gasteiger partial charge on any atom is -0.351 e. The summed E-state index contributed by atoms with van der Waals surface area (Å²) in [5, 5.41) is 6.35. The van der Waals surface area contributed by atoms with Crippen molar-refractivity contribution in [3.05, 3.63) is 21.9 Å². The van der Waals surface area contributed by atoms with Crippen LogP contribution in [-0.4, -0.2) is 19.0 Å². The molecule has 0 aliphatic carbocycles. The Labute approximate surface area is 107 Å². The molecular weight excluding hydrogens is 232 g/mol. The monoisotopic (exact) mass is 252 g/mol. The standard InChI is InChI=1S/C13H20N2OS/c1-10-4-5-11(17-10)8-15-12(16)13(2)6-3-7-14-9-13/h4-5,14H,3,6-9H2,1-2H3,(H,15,16). The summed E-state index contributed by atoms with van der Waals surface area (Å²) in [6, 6.07) is 4.18. The third kappa shape index (κ3) is 3.07. The maximum atomic E-state index is 12.2. The molecule has 0 radical (unpaired) electrons. The normalized spacial score (nSPS) is 24.6. The summed E-state index contributed by atoms with van der Waals surface area (Å²) < 4.78 is 0. The van der Waals surface area contributed by atoms with Gasteiger partial charge in [0.1, 0.15) is 0 Å². The van der Waals surface area contributed by atoms with Crippen molar-refractivity contribution in [1.29, 1.82) is 0 Å². The first kappa shape index (κ1) is 12.6. The van der Waals surface area contributed by atoms with E-state index in [1.165, 1.54) is 9.75 Å². The van der Waals surface area contributed by atoms with E-state index >= 15 is 0 Å². The molecule has 17 heavy (non-hydrogen) atoms. The number of carbonyl (C=O) groups excluding carboxylic acids is 1. The van der Waals surface area contributed by atoms with Gasteiger partial charge in [0.25, 0.3) is 0 Å². The minimum atomic E-state index is -0.232. The van der Waals surface area contributed by atoms with E-state index in [-0.39, 0.29) is 11.3 Å². The van der Waals surface area contributed by atoms with Crippen LogP contribution in [0.25, 0.3) is 0 Å². The summed E-state index contributed by atoms with van der Waals surface area (Å²) in [6.07, 6.45) is 2.07. The predicted octanol–water partition coefficient (Wildman–Crippen LogP) is 2.06. The summed E-state index contributed by atoms with van der Waals surface area (Å²) in [5.74, 6) is 0.177. The molecule has 1 amide bonds. The zero-order chi connectivity index (χ0) is 12.3. The first-order valence-corrected chi connectivity index (χ1v) is 6.96. The Bertz CT molecular complexity index is 394. The van der Waals surface area contributed by atoms with E-state index in [2.05, 4.69) is 29.7 Å². The van der Waals surface area contributed by atoms with Crippen molar-refractivity contribution in [1.82, 2.24) is 10.6 Å². The third-order valence-corrected chi connectivity index (χ3v) is 4.37. The molecule has 1 aliphatic heterocycles. The van der Waals surface area contributed by atoms with Crippen molar-refractivity contribution >= 4 is 17.2 Å². The summed E-state index contributed by atoms with van der Waals surface area (Å²) in [5.41, 5.74) is -0.232. The van der Waals surface area contributed by atoms with E-state index in [1.807, 2.05) is 6.92 Å². The fourth-order valence-electron chi connectivity index (χ4n) is 2.21. The number of aryl methyl sites for hydroxylation is 1. The van der Waals surface area contributed by atoms with Gasteiger partial charge in [-0.3, -0.25) is 4.79 Å². The fraction of sp³-hybridized carbons (Fsp3) is 0.615. The van der Waals surface area contributed by atoms with Crippen LogP contribution in [0.1, 0.15) is 29.5 Å². The van der Waals surface area contributed by atoms with Gasteiger partial charge in [0.05, 0.1) is 12.0 Å². The number of piperidine rings is 1. The smallest absolute Gasteiger partial charge is 0.227 e. The van der Waals surface area contributed by atoms with E-state index in [0.717, 1.165) is 25.9 Å². The minimum absolute atomic E-state index is 0.177. The second-order valence-electron chi connectivity index (χ2n) is 5.04. The second kappa shape index (κ2) is 5.19. The Morgan fingerprint density at radius 1 is 1.59 bits per heavy atom. The molecule has 0 saturated carbocycles. The molecule has 1 saturated heterocycles. The van der Waals surface area contributed by atoms with Crippen LogP contribution >= 0.6 is 11.3 Å². The maximum Gasteiger partial charge on any atom is 0.227 e. The number of thiophene rings is 1. The van der Waals surface area contributed by atoms with Gasteiger partial charge in [0, 0.05) is 16.3 Å². The van der Waals surface area contributed by atoms with Crippen molar-refractivity contribution in [3.8, 4) is 0 Å². The van der Waals surface area contributed by atoms with Crippen LogP contribution in [0.4, 0.5) is 0 Å². The molecule has 2 heterocycles. The van der Waals surface area contributed by atoms with E-state index in [9.17, 15) is 4.79 Å². The SMILES string of the molecule is Cc1ccc(CNC(=O)C2(C)CCCNC2)s1. The number of amides is 1. The van der Waals surface area contributed by atoms with Gasteiger partial charge in [-0.05, 0) is 45.4 Å². The highest BCUT2D eigenvalue weighted by Crippen LogP contribution is 2.25. The fourth-order valence-corrected chi connectivity index (χ4v) is 3.04. The molecule has 0 spiro atoms. The van der Waals surface area contributed by atoms with Gasteiger partial charge < -0.3 is 10.6 Å². The number of carbonyl (C=O) groups is 1. The molecule has 4 heteroatoms. The van der Waals surface area contributed by atoms with Crippen LogP contribution in [0.3, 0.4) is 0 Å². The zero-order valence-electron chi connectivity index (χ0n) is 10.5. The van der Waals surface area contributed by atoms with Crippen molar-refractivity contribution in [2.24, 2.45) is 5.41 Å². The molecule has 3 nitrogen and oxygen atoms in total. The van der Waals surface area contributed by atoms with Gasteiger partial charge in [0.2, 0.25) is 5.91 Å². The summed E-state index contributed by atoms with van der Waals surface area (Å²) in [6.45, 7) is 6.62. The average Bonchev–Trinajstić information content (AvgIpc) is 2.73. The first-order valence-electron chi connectivity index (χ1n) is 6.14. The van der Waals surface area contributed by atoms with Gasteiger partial charge in [-0.1, -0.05) is 0 Å².